The number of aryl methyl sites for hydroxylation is 3. The summed E-state index contributed by atoms with van der Waals surface area (Å²) in [6.07, 6.45) is 10.3. The largest absolute Gasteiger partial charge is 0.339 e. The summed E-state index contributed by atoms with van der Waals surface area (Å²) in [4.78, 5) is 35.0. The molecule has 1 fully saturated rings. The van der Waals surface area contributed by atoms with Crippen LogP contribution in [0.1, 0.15) is 48.7 Å². The standard InChI is InChI=1S/C23H30N8O2/c1-14-5-7-16(8-6-14)19(29-22(32)18-9-10-26-30(18)3)23(33)28-17-12-24-21(25-13-17)20-15(2)11-27-31(20)4/h9-14,16,19H,5-8H2,1-4H3,(H,28,33)(H,29,32)/t14-,16-,19-/m0/s1. The molecule has 0 spiro atoms. The maximum Gasteiger partial charge on any atom is 0.270 e. The van der Waals surface area contributed by atoms with E-state index in [0.717, 1.165) is 36.9 Å². The summed E-state index contributed by atoms with van der Waals surface area (Å²) in [5.74, 6) is 0.655. The second kappa shape index (κ2) is 9.51. The topological polar surface area (TPSA) is 120 Å². The molecule has 2 amide bonds. The van der Waals surface area contributed by atoms with Gasteiger partial charge in [0.2, 0.25) is 5.91 Å². The van der Waals surface area contributed by atoms with Gasteiger partial charge >= 0.3 is 0 Å². The van der Waals surface area contributed by atoms with Gasteiger partial charge in [-0.15, -0.1) is 0 Å². The van der Waals surface area contributed by atoms with E-state index in [2.05, 4.69) is 37.7 Å². The van der Waals surface area contributed by atoms with Crippen molar-refractivity contribution in [2.24, 2.45) is 25.9 Å². The molecule has 0 saturated heterocycles. The summed E-state index contributed by atoms with van der Waals surface area (Å²) in [7, 11) is 3.54. The summed E-state index contributed by atoms with van der Waals surface area (Å²) < 4.78 is 3.22. The lowest BCUT2D eigenvalue weighted by atomic mass is 9.79. The molecule has 4 rings (SSSR count). The van der Waals surface area contributed by atoms with Crippen LogP contribution in [0.3, 0.4) is 0 Å². The number of carbonyl (C=O) groups excluding carboxylic acids is 2. The highest BCUT2D eigenvalue weighted by Crippen LogP contribution is 2.31. The number of anilines is 1. The second-order valence-corrected chi connectivity index (χ2v) is 8.90. The van der Waals surface area contributed by atoms with Crippen molar-refractivity contribution in [1.29, 1.82) is 0 Å². The third kappa shape index (κ3) is 4.94. The van der Waals surface area contributed by atoms with Crippen molar-refractivity contribution in [1.82, 2.24) is 34.8 Å². The SMILES string of the molecule is Cc1cnn(C)c1-c1ncc(NC(=O)[C@@H](NC(=O)c2ccnn2C)[C@H]2CC[C@H](C)CC2)cn1. The second-order valence-electron chi connectivity index (χ2n) is 8.90. The number of carbonyl (C=O) groups is 2. The van der Waals surface area contributed by atoms with Crippen LogP contribution in [0, 0.1) is 18.8 Å². The Labute approximate surface area is 192 Å². The average Bonchev–Trinajstić information content (AvgIpc) is 3.38. The molecule has 3 aromatic heterocycles. The van der Waals surface area contributed by atoms with Crippen molar-refractivity contribution in [3.05, 3.63) is 42.1 Å². The first-order valence-corrected chi connectivity index (χ1v) is 11.2. The van der Waals surface area contributed by atoms with Gasteiger partial charge < -0.3 is 10.6 Å². The van der Waals surface area contributed by atoms with Gasteiger partial charge in [0.1, 0.15) is 17.4 Å². The van der Waals surface area contributed by atoms with Crippen molar-refractivity contribution in [2.45, 2.75) is 45.6 Å². The zero-order valence-corrected chi connectivity index (χ0v) is 19.4. The van der Waals surface area contributed by atoms with Crippen LogP contribution in [0.4, 0.5) is 5.69 Å². The van der Waals surface area contributed by atoms with E-state index in [9.17, 15) is 9.59 Å². The lowest BCUT2D eigenvalue weighted by Gasteiger charge is -2.32. The van der Waals surface area contributed by atoms with Crippen molar-refractivity contribution in [3.8, 4) is 11.5 Å². The maximum atomic E-state index is 13.3. The molecule has 2 N–H and O–H groups in total. The van der Waals surface area contributed by atoms with Crippen LogP contribution in [-0.4, -0.2) is 47.4 Å². The lowest BCUT2D eigenvalue weighted by molar-refractivity contribution is -0.119. The normalized spacial score (nSPS) is 19.2. The predicted molar refractivity (Wildman–Crippen MR) is 123 cm³/mol. The average molecular weight is 451 g/mol. The minimum atomic E-state index is -0.654. The first-order chi connectivity index (χ1) is 15.8. The van der Waals surface area contributed by atoms with E-state index in [1.54, 1.807) is 42.6 Å². The zero-order valence-electron chi connectivity index (χ0n) is 19.4. The molecular weight excluding hydrogens is 420 g/mol. The summed E-state index contributed by atoms with van der Waals surface area (Å²) in [5.41, 5.74) is 2.69. The fraction of sp³-hybridized carbons (Fsp3) is 0.478. The summed E-state index contributed by atoms with van der Waals surface area (Å²) >= 11 is 0. The molecule has 0 bridgehead atoms. The molecular formula is C23H30N8O2. The van der Waals surface area contributed by atoms with Gasteiger partial charge in [-0.2, -0.15) is 10.2 Å². The fourth-order valence-corrected chi connectivity index (χ4v) is 4.43. The Morgan fingerprint density at radius 2 is 1.73 bits per heavy atom. The van der Waals surface area contributed by atoms with Crippen molar-refractivity contribution >= 4 is 17.5 Å². The maximum absolute atomic E-state index is 13.3. The van der Waals surface area contributed by atoms with Gasteiger partial charge in [-0.25, -0.2) is 9.97 Å². The summed E-state index contributed by atoms with van der Waals surface area (Å²) in [5, 5.41) is 14.1. The van der Waals surface area contributed by atoms with Gasteiger partial charge in [0, 0.05) is 20.3 Å². The van der Waals surface area contributed by atoms with E-state index in [1.807, 2.05) is 14.0 Å². The number of rotatable bonds is 6. The lowest BCUT2D eigenvalue weighted by Crippen LogP contribution is -2.49. The minimum absolute atomic E-state index is 0.0654. The first kappa shape index (κ1) is 22.6. The zero-order chi connectivity index (χ0) is 23.5. The van der Waals surface area contributed by atoms with Gasteiger partial charge in [0.05, 0.1) is 24.3 Å². The molecule has 0 aromatic carbocycles. The molecule has 0 aliphatic heterocycles. The Bertz CT molecular complexity index is 1110. The Hall–Kier alpha value is -3.56. The molecule has 3 heterocycles. The highest BCUT2D eigenvalue weighted by Gasteiger charge is 2.33. The van der Waals surface area contributed by atoms with Gasteiger partial charge in [0.15, 0.2) is 5.82 Å². The molecule has 1 aliphatic rings. The number of nitrogens with zero attached hydrogens (tertiary/aromatic N) is 6. The van der Waals surface area contributed by atoms with E-state index < -0.39 is 6.04 Å². The quantitative estimate of drug-likeness (QED) is 0.595. The van der Waals surface area contributed by atoms with Crippen LogP contribution >= 0.6 is 0 Å². The van der Waals surface area contributed by atoms with E-state index in [1.165, 1.54) is 4.68 Å². The molecule has 1 saturated carbocycles. The molecule has 10 nitrogen and oxygen atoms in total. The number of amides is 2. The van der Waals surface area contributed by atoms with E-state index in [4.69, 9.17) is 0 Å². The van der Waals surface area contributed by atoms with Gasteiger partial charge in [-0.05, 0) is 43.2 Å². The first-order valence-electron chi connectivity index (χ1n) is 11.2. The number of aromatic nitrogens is 6. The molecule has 1 atom stereocenters. The third-order valence-corrected chi connectivity index (χ3v) is 6.41. The monoisotopic (exact) mass is 450 g/mol. The molecule has 10 heteroatoms. The van der Waals surface area contributed by atoms with Crippen LogP contribution in [0.15, 0.2) is 30.9 Å². The van der Waals surface area contributed by atoms with Gasteiger partial charge in [-0.1, -0.05) is 19.8 Å². The molecule has 0 radical (unpaired) electrons. The molecule has 174 valence electrons. The van der Waals surface area contributed by atoms with Crippen LogP contribution in [0.5, 0.6) is 0 Å². The Morgan fingerprint density at radius 3 is 2.30 bits per heavy atom. The Balaban J connectivity index is 1.51. The van der Waals surface area contributed by atoms with Gasteiger partial charge in [-0.3, -0.25) is 19.0 Å². The van der Waals surface area contributed by atoms with Crippen molar-refractivity contribution in [3.63, 3.8) is 0 Å². The minimum Gasteiger partial charge on any atom is -0.339 e. The molecule has 3 aromatic rings. The highest BCUT2D eigenvalue weighted by molar-refractivity contribution is 6.00. The molecule has 1 aliphatic carbocycles. The predicted octanol–water partition coefficient (Wildman–Crippen LogP) is 2.48. The van der Waals surface area contributed by atoms with Crippen LogP contribution in [0.2, 0.25) is 0 Å². The fourth-order valence-electron chi connectivity index (χ4n) is 4.43. The van der Waals surface area contributed by atoms with Crippen LogP contribution in [0.25, 0.3) is 11.5 Å². The van der Waals surface area contributed by atoms with Gasteiger partial charge in [0.25, 0.3) is 5.91 Å². The summed E-state index contributed by atoms with van der Waals surface area (Å²) in [6.45, 7) is 4.17. The van der Waals surface area contributed by atoms with Crippen LogP contribution < -0.4 is 10.6 Å². The van der Waals surface area contributed by atoms with Crippen molar-refractivity contribution in [2.75, 3.05) is 5.32 Å². The Morgan fingerprint density at radius 1 is 1.03 bits per heavy atom. The molecule has 0 unspecified atom stereocenters. The number of hydrogen-bond donors (Lipinski definition) is 2. The highest BCUT2D eigenvalue weighted by atomic mass is 16.2. The third-order valence-electron chi connectivity index (χ3n) is 6.41. The van der Waals surface area contributed by atoms with Crippen LogP contribution in [-0.2, 0) is 18.9 Å². The number of hydrogen-bond acceptors (Lipinski definition) is 6. The van der Waals surface area contributed by atoms with E-state index in [0.29, 0.717) is 23.1 Å². The van der Waals surface area contributed by atoms with Crippen molar-refractivity contribution < 1.29 is 9.59 Å². The Kier molecular flexibility index (Phi) is 6.52. The number of nitrogens with one attached hydrogen (secondary N) is 2. The smallest absolute Gasteiger partial charge is 0.270 e. The van der Waals surface area contributed by atoms with E-state index in [-0.39, 0.29) is 17.7 Å². The molecule has 33 heavy (non-hydrogen) atoms. The summed E-state index contributed by atoms with van der Waals surface area (Å²) in [6, 6.07) is 0.985. The van der Waals surface area contributed by atoms with E-state index >= 15 is 0 Å².